The van der Waals surface area contributed by atoms with Gasteiger partial charge in [0.05, 0.1) is 20.6 Å². The second-order valence-electron chi connectivity index (χ2n) is 9.27. The Labute approximate surface area is 228 Å². The molecule has 0 bridgehead atoms. The maximum absolute atomic E-state index is 15.0. The van der Waals surface area contributed by atoms with Gasteiger partial charge < -0.3 is 0 Å². The predicted octanol–water partition coefficient (Wildman–Crippen LogP) is 9.90. The fourth-order valence-electron chi connectivity index (χ4n) is 3.96. The summed E-state index contributed by atoms with van der Waals surface area (Å²) in [7, 11) is 0. The number of hydrogen-bond donors (Lipinski definition) is 0. The molecule has 1 aliphatic carbocycles. The molecule has 0 aromatic heterocycles. The van der Waals surface area contributed by atoms with Gasteiger partial charge in [-0.2, -0.15) is 26.3 Å². The van der Waals surface area contributed by atoms with Gasteiger partial charge in [-0.15, -0.1) is 0 Å². The van der Waals surface area contributed by atoms with Gasteiger partial charge in [0, 0.05) is 29.9 Å². The molecule has 0 amide bonds. The first-order valence-corrected chi connectivity index (χ1v) is 12.5. The first-order valence-electron chi connectivity index (χ1n) is 11.3. The molecule has 0 aliphatic heterocycles. The zero-order valence-electron chi connectivity index (χ0n) is 19.6. The summed E-state index contributed by atoms with van der Waals surface area (Å²) >= 11 is 17.3. The lowest BCUT2D eigenvalue weighted by atomic mass is 9.91. The minimum absolute atomic E-state index is 0.0464. The molecule has 0 radical (unpaired) electrons. The number of carbonyl (C=O) groups is 2. The second-order valence-corrected chi connectivity index (χ2v) is 10.5. The highest BCUT2D eigenvalue weighted by molar-refractivity contribution is 6.48. The van der Waals surface area contributed by atoms with Crippen LogP contribution in [0.5, 0.6) is 0 Å². The Morgan fingerprint density at radius 1 is 0.974 bits per heavy atom. The molecule has 1 aliphatic rings. The Bertz CT molecular complexity index is 1240. The summed E-state index contributed by atoms with van der Waals surface area (Å²) in [5.41, 5.74) is -3.65. The number of Topliss-reactive ketones (excluding diaryl/α,β-unsaturated/α-hetero) is 2. The summed E-state index contributed by atoms with van der Waals surface area (Å²) in [5.74, 6) is -5.77. The van der Waals surface area contributed by atoms with E-state index in [2.05, 4.69) is 0 Å². The third-order valence-corrected chi connectivity index (χ3v) is 7.25. The Balaban J connectivity index is 1.95. The van der Waals surface area contributed by atoms with Gasteiger partial charge in [-0.1, -0.05) is 53.9 Å². The Kier molecular flexibility index (Phi) is 9.26. The molecule has 1 fully saturated rings. The van der Waals surface area contributed by atoms with E-state index in [1.807, 2.05) is 0 Å². The summed E-state index contributed by atoms with van der Waals surface area (Å²) in [6.45, 7) is 1.56. The number of ketones is 2. The van der Waals surface area contributed by atoms with Crippen molar-refractivity contribution in [3.8, 4) is 0 Å². The molecule has 206 valence electrons. The van der Waals surface area contributed by atoms with Crippen molar-refractivity contribution < 1.29 is 40.3 Å². The SMILES string of the molecule is C[C@@H](CC(=O)c1ccc(/C(F)=C/C(c2cc(Cl)c(Cl)c(Cl)c2)C(F)(F)F)cc1C(F)(F)F)CC(=O)C1CC1. The van der Waals surface area contributed by atoms with Gasteiger partial charge in [0.1, 0.15) is 17.5 Å². The van der Waals surface area contributed by atoms with Gasteiger partial charge >= 0.3 is 12.4 Å². The van der Waals surface area contributed by atoms with Crippen LogP contribution in [-0.2, 0) is 11.0 Å². The highest BCUT2D eigenvalue weighted by atomic mass is 35.5. The van der Waals surface area contributed by atoms with Crippen LogP contribution in [0.25, 0.3) is 5.83 Å². The molecule has 2 aromatic carbocycles. The lowest BCUT2D eigenvalue weighted by Gasteiger charge is -2.19. The van der Waals surface area contributed by atoms with E-state index in [0.29, 0.717) is 0 Å². The summed E-state index contributed by atoms with van der Waals surface area (Å²) in [4.78, 5) is 24.6. The van der Waals surface area contributed by atoms with E-state index in [-0.39, 0.29) is 51.8 Å². The number of rotatable bonds is 9. The standard InChI is InChI=1S/C26H20Cl3F7O2/c1-12(6-22(37)13-2-3-13)7-23(38)16-5-4-14(8-18(16)26(34,35)36)21(30)11-17(25(31,32)33)15-9-19(27)24(29)20(28)10-15/h4-5,8-13,17H,2-3,6-7H2,1H3/b21-11-/t12-,17?/m1/s1. The fourth-order valence-corrected chi connectivity index (χ4v) is 4.57. The second kappa shape index (κ2) is 11.6. The number of alkyl halides is 6. The maximum Gasteiger partial charge on any atom is 0.417 e. The molecular weight excluding hydrogens is 584 g/mol. The monoisotopic (exact) mass is 602 g/mol. The summed E-state index contributed by atoms with van der Waals surface area (Å²) < 4.78 is 97.7. The van der Waals surface area contributed by atoms with Crippen molar-refractivity contribution in [3.05, 3.63) is 73.7 Å². The summed E-state index contributed by atoms with van der Waals surface area (Å²) in [5, 5.41) is -0.872. The van der Waals surface area contributed by atoms with Crippen molar-refractivity contribution in [2.45, 2.75) is 50.9 Å². The van der Waals surface area contributed by atoms with E-state index >= 15 is 0 Å². The van der Waals surface area contributed by atoms with Crippen LogP contribution < -0.4 is 0 Å². The van der Waals surface area contributed by atoms with Gasteiger partial charge in [0.15, 0.2) is 5.78 Å². The van der Waals surface area contributed by atoms with Crippen LogP contribution in [-0.4, -0.2) is 17.7 Å². The fraction of sp³-hybridized carbons (Fsp3) is 0.385. The molecule has 0 heterocycles. The molecule has 12 heteroatoms. The highest BCUT2D eigenvalue weighted by Gasteiger charge is 2.41. The predicted molar refractivity (Wildman–Crippen MR) is 131 cm³/mol. The highest BCUT2D eigenvalue weighted by Crippen LogP contribution is 2.43. The first kappa shape index (κ1) is 30.4. The van der Waals surface area contributed by atoms with Crippen LogP contribution >= 0.6 is 34.8 Å². The van der Waals surface area contributed by atoms with Crippen LogP contribution in [0.3, 0.4) is 0 Å². The molecule has 0 N–H and O–H groups in total. The van der Waals surface area contributed by atoms with Gasteiger partial charge in [-0.05, 0) is 48.6 Å². The Morgan fingerprint density at radius 2 is 1.55 bits per heavy atom. The molecule has 1 unspecified atom stereocenters. The summed E-state index contributed by atoms with van der Waals surface area (Å²) in [6, 6.07) is 3.46. The number of halogens is 10. The van der Waals surface area contributed by atoms with Crippen LogP contribution in [0, 0.1) is 11.8 Å². The smallest absolute Gasteiger partial charge is 0.299 e. The number of benzene rings is 2. The first-order chi connectivity index (χ1) is 17.5. The van der Waals surface area contributed by atoms with Gasteiger partial charge in [-0.3, -0.25) is 9.59 Å². The van der Waals surface area contributed by atoms with E-state index in [0.717, 1.165) is 37.1 Å². The van der Waals surface area contributed by atoms with Crippen molar-refractivity contribution in [2.24, 2.45) is 11.8 Å². The van der Waals surface area contributed by atoms with E-state index < -0.39 is 58.1 Å². The zero-order chi connectivity index (χ0) is 28.6. The van der Waals surface area contributed by atoms with Gasteiger partial charge in [0.2, 0.25) is 0 Å². The summed E-state index contributed by atoms with van der Waals surface area (Å²) in [6.07, 6.45) is -8.86. The molecule has 38 heavy (non-hydrogen) atoms. The average Bonchev–Trinajstić information content (AvgIpc) is 3.64. The van der Waals surface area contributed by atoms with E-state index in [4.69, 9.17) is 34.8 Å². The molecular formula is C26H20Cl3F7O2. The van der Waals surface area contributed by atoms with E-state index in [1.54, 1.807) is 6.92 Å². The number of carbonyl (C=O) groups excluding carboxylic acids is 2. The normalized spacial score (nSPS) is 16.3. The minimum Gasteiger partial charge on any atom is -0.299 e. The zero-order valence-corrected chi connectivity index (χ0v) is 21.9. The van der Waals surface area contributed by atoms with Crippen molar-refractivity contribution in [1.82, 2.24) is 0 Å². The van der Waals surface area contributed by atoms with Gasteiger partial charge in [0.25, 0.3) is 0 Å². The lowest BCUT2D eigenvalue weighted by molar-refractivity contribution is -0.140. The van der Waals surface area contributed by atoms with Crippen molar-refractivity contribution in [3.63, 3.8) is 0 Å². The van der Waals surface area contributed by atoms with Gasteiger partial charge in [-0.25, -0.2) is 4.39 Å². The third kappa shape index (κ3) is 7.51. The van der Waals surface area contributed by atoms with Crippen molar-refractivity contribution >= 4 is 52.2 Å². The largest absolute Gasteiger partial charge is 0.417 e. The molecule has 0 spiro atoms. The average molecular weight is 604 g/mol. The van der Waals surface area contributed by atoms with Crippen LogP contribution in [0.4, 0.5) is 30.7 Å². The molecule has 2 nitrogen and oxygen atoms in total. The van der Waals surface area contributed by atoms with Crippen molar-refractivity contribution in [2.75, 3.05) is 0 Å². The van der Waals surface area contributed by atoms with Crippen LogP contribution in [0.2, 0.25) is 15.1 Å². The lowest BCUT2D eigenvalue weighted by Crippen LogP contribution is -2.19. The third-order valence-electron chi connectivity index (χ3n) is 6.05. The number of hydrogen-bond acceptors (Lipinski definition) is 2. The van der Waals surface area contributed by atoms with Crippen molar-refractivity contribution in [1.29, 1.82) is 0 Å². The Hall–Kier alpha value is -2.10. The molecule has 0 saturated heterocycles. The quantitative estimate of drug-likeness (QED) is 0.162. The topological polar surface area (TPSA) is 34.1 Å². The van der Waals surface area contributed by atoms with Crippen LogP contribution in [0.15, 0.2) is 36.4 Å². The van der Waals surface area contributed by atoms with E-state index in [9.17, 15) is 40.3 Å². The van der Waals surface area contributed by atoms with Crippen LogP contribution in [0.1, 0.15) is 65.6 Å². The minimum atomic E-state index is -5.10. The maximum atomic E-state index is 15.0. The Morgan fingerprint density at radius 3 is 2.05 bits per heavy atom. The molecule has 2 aromatic rings. The number of allylic oxidation sites excluding steroid dienone is 1. The molecule has 3 rings (SSSR count). The van der Waals surface area contributed by atoms with E-state index in [1.165, 1.54) is 0 Å². The molecule has 1 saturated carbocycles. The molecule has 2 atom stereocenters.